The molecule has 0 fully saturated rings. The summed E-state index contributed by atoms with van der Waals surface area (Å²) >= 11 is 6.16. The van der Waals surface area contributed by atoms with Gasteiger partial charge in [0.15, 0.2) is 0 Å². The van der Waals surface area contributed by atoms with E-state index in [1.165, 1.54) is 11.9 Å². The molecule has 3 aromatic rings. The highest BCUT2D eigenvalue weighted by Crippen LogP contribution is 2.36. The normalized spacial score (nSPS) is 12.0. The molecule has 0 spiro atoms. The molecule has 0 saturated heterocycles. The minimum Gasteiger partial charge on any atom is -0.476 e. The van der Waals surface area contributed by atoms with Crippen LogP contribution in [0.2, 0.25) is 5.02 Å². The van der Waals surface area contributed by atoms with Crippen LogP contribution in [-0.2, 0) is 25.4 Å². The van der Waals surface area contributed by atoms with Crippen LogP contribution < -0.4 is 4.74 Å². The predicted molar refractivity (Wildman–Crippen MR) is 123 cm³/mol. The number of benzene rings is 2. The van der Waals surface area contributed by atoms with Crippen molar-refractivity contribution in [1.82, 2.24) is 19.9 Å². The Kier molecular flexibility index (Phi) is 8.72. The molecular formula is C24H23ClF6N4O2. The number of carbonyl (C=O) groups is 1. The summed E-state index contributed by atoms with van der Waals surface area (Å²) in [6.45, 7) is 1.60. The highest BCUT2D eigenvalue weighted by Gasteiger charge is 2.37. The van der Waals surface area contributed by atoms with Crippen LogP contribution in [0.15, 0.2) is 42.5 Å². The zero-order valence-corrected chi connectivity index (χ0v) is 20.6. The Hall–Kier alpha value is -3.28. The third-order valence-electron chi connectivity index (χ3n) is 5.32. The molecule has 0 bridgehead atoms. The van der Waals surface area contributed by atoms with Crippen molar-refractivity contribution < 1.29 is 35.9 Å². The summed E-state index contributed by atoms with van der Waals surface area (Å²) in [6.07, 6.45) is -8.68. The van der Waals surface area contributed by atoms with E-state index >= 15 is 0 Å². The van der Waals surface area contributed by atoms with Crippen molar-refractivity contribution in [2.24, 2.45) is 0 Å². The molecule has 13 heteroatoms. The SMILES string of the molecule is CCCCOc1c(C(=O)N(C)Cc2ccccc2Cl)nnn1Cc1cc(C(F)(F)F)cc(C(F)(F)F)c1. The smallest absolute Gasteiger partial charge is 0.416 e. The van der Waals surface area contributed by atoms with Crippen molar-refractivity contribution in [3.8, 4) is 5.88 Å². The Morgan fingerprint density at radius 3 is 2.24 bits per heavy atom. The van der Waals surface area contributed by atoms with Gasteiger partial charge in [0, 0.05) is 18.6 Å². The number of nitrogens with zero attached hydrogens (tertiary/aromatic N) is 4. The molecule has 0 radical (unpaired) electrons. The van der Waals surface area contributed by atoms with Gasteiger partial charge in [0.05, 0.1) is 24.3 Å². The average molecular weight is 549 g/mol. The van der Waals surface area contributed by atoms with Gasteiger partial charge in [-0.2, -0.15) is 26.3 Å². The highest BCUT2D eigenvalue weighted by atomic mass is 35.5. The summed E-state index contributed by atoms with van der Waals surface area (Å²) in [7, 11) is 1.49. The molecule has 3 rings (SSSR count). The van der Waals surface area contributed by atoms with E-state index in [4.69, 9.17) is 16.3 Å². The van der Waals surface area contributed by atoms with E-state index in [1.807, 2.05) is 6.92 Å². The second kappa shape index (κ2) is 11.4. The van der Waals surface area contributed by atoms with Crippen LogP contribution in [0.4, 0.5) is 26.3 Å². The summed E-state index contributed by atoms with van der Waals surface area (Å²) < 4.78 is 86.3. The first-order valence-corrected chi connectivity index (χ1v) is 11.5. The minimum atomic E-state index is -5.00. The second-order valence-electron chi connectivity index (χ2n) is 8.27. The standard InChI is InChI=1S/C24H23ClF6N4O2/c1-3-4-9-37-22-20(21(36)34(2)14-16-7-5-6-8-19(16)25)32-33-35(22)13-15-10-17(23(26,27)28)12-18(11-15)24(29,30)31/h5-8,10-12H,3-4,9,13-14H2,1-2H3. The summed E-state index contributed by atoms with van der Waals surface area (Å²) in [5.41, 5.74) is -2.82. The van der Waals surface area contributed by atoms with Crippen molar-refractivity contribution in [3.05, 3.63) is 75.4 Å². The van der Waals surface area contributed by atoms with Crippen molar-refractivity contribution in [2.45, 2.75) is 45.2 Å². The fourth-order valence-corrected chi connectivity index (χ4v) is 3.61. The maximum absolute atomic E-state index is 13.3. The second-order valence-corrected chi connectivity index (χ2v) is 8.68. The van der Waals surface area contributed by atoms with Crippen molar-refractivity contribution >= 4 is 17.5 Å². The lowest BCUT2D eigenvalue weighted by atomic mass is 10.0. The number of aromatic nitrogens is 3. The molecule has 1 aromatic heterocycles. The molecule has 0 aliphatic rings. The van der Waals surface area contributed by atoms with Crippen LogP contribution in [0.3, 0.4) is 0 Å². The van der Waals surface area contributed by atoms with Gasteiger partial charge in [-0.3, -0.25) is 4.79 Å². The Morgan fingerprint density at radius 2 is 1.68 bits per heavy atom. The molecule has 200 valence electrons. The number of hydrogen-bond acceptors (Lipinski definition) is 4. The average Bonchev–Trinajstić information content (AvgIpc) is 3.21. The van der Waals surface area contributed by atoms with Crippen LogP contribution in [0, 0.1) is 0 Å². The van der Waals surface area contributed by atoms with E-state index in [-0.39, 0.29) is 36.4 Å². The van der Waals surface area contributed by atoms with E-state index in [0.29, 0.717) is 29.1 Å². The van der Waals surface area contributed by atoms with Gasteiger partial charge in [0.1, 0.15) is 0 Å². The lowest BCUT2D eigenvalue weighted by molar-refractivity contribution is -0.143. The van der Waals surface area contributed by atoms with Gasteiger partial charge < -0.3 is 9.64 Å². The largest absolute Gasteiger partial charge is 0.476 e. The fourth-order valence-electron chi connectivity index (χ4n) is 3.42. The van der Waals surface area contributed by atoms with Crippen LogP contribution in [0.1, 0.15) is 52.5 Å². The maximum atomic E-state index is 13.3. The highest BCUT2D eigenvalue weighted by molar-refractivity contribution is 6.31. The Bertz CT molecular complexity index is 1210. The molecule has 37 heavy (non-hydrogen) atoms. The zero-order chi connectivity index (χ0) is 27.4. The molecule has 1 amide bonds. The number of carbonyl (C=O) groups excluding carboxylic acids is 1. The first-order chi connectivity index (χ1) is 17.3. The van der Waals surface area contributed by atoms with Crippen LogP contribution in [-0.4, -0.2) is 39.5 Å². The van der Waals surface area contributed by atoms with Crippen LogP contribution in [0.25, 0.3) is 0 Å². The Balaban J connectivity index is 1.96. The molecule has 0 N–H and O–H groups in total. The summed E-state index contributed by atoms with van der Waals surface area (Å²) in [6, 6.07) is 8.11. The molecule has 0 aliphatic carbocycles. The third kappa shape index (κ3) is 7.15. The zero-order valence-electron chi connectivity index (χ0n) is 19.8. The van der Waals surface area contributed by atoms with Gasteiger partial charge in [-0.25, -0.2) is 4.68 Å². The molecule has 0 atom stereocenters. The summed E-state index contributed by atoms with van der Waals surface area (Å²) in [4.78, 5) is 14.4. The Labute approximate surface area is 213 Å². The predicted octanol–water partition coefficient (Wildman–Crippen LogP) is 6.47. The Morgan fingerprint density at radius 1 is 1.05 bits per heavy atom. The first-order valence-electron chi connectivity index (χ1n) is 11.1. The van der Waals surface area contributed by atoms with E-state index in [0.717, 1.165) is 11.1 Å². The van der Waals surface area contributed by atoms with Crippen molar-refractivity contribution in [1.29, 1.82) is 0 Å². The molecule has 6 nitrogen and oxygen atoms in total. The number of amides is 1. The minimum absolute atomic E-state index is 0.0438. The van der Waals surface area contributed by atoms with E-state index in [1.54, 1.807) is 24.3 Å². The molecule has 0 saturated carbocycles. The lowest BCUT2D eigenvalue weighted by Gasteiger charge is -2.18. The number of rotatable bonds is 9. The number of halogens is 7. The molecule has 1 heterocycles. The van der Waals surface area contributed by atoms with Crippen molar-refractivity contribution in [2.75, 3.05) is 13.7 Å². The van der Waals surface area contributed by atoms with Gasteiger partial charge in [0.25, 0.3) is 5.91 Å². The quantitative estimate of drug-likeness (QED) is 0.227. The van der Waals surface area contributed by atoms with Gasteiger partial charge in [-0.05, 0) is 41.8 Å². The van der Waals surface area contributed by atoms with Crippen molar-refractivity contribution in [3.63, 3.8) is 0 Å². The molecule has 0 unspecified atom stereocenters. The maximum Gasteiger partial charge on any atom is 0.416 e. The first kappa shape index (κ1) is 28.3. The molecule has 0 aliphatic heterocycles. The van der Waals surface area contributed by atoms with Gasteiger partial charge in [-0.15, -0.1) is 5.10 Å². The van der Waals surface area contributed by atoms with Gasteiger partial charge >= 0.3 is 12.4 Å². The topological polar surface area (TPSA) is 60.2 Å². The fraction of sp³-hybridized carbons (Fsp3) is 0.375. The number of unbranched alkanes of at least 4 members (excludes halogenated alkanes) is 1. The van der Waals surface area contributed by atoms with E-state index in [9.17, 15) is 31.1 Å². The summed E-state index contributed by atoms with van der Waals surface area (Å²) in [5.74, 6) is -0.770. The lowest BCUT2D eigenvalue weighted by Crippen LogP contribution is -2.27. The van der Waals surface area contributed by atoms with Crippen LogP contribution in [0.5, 0.6) is 5.88 Å². The number of hydrogen-bond donors (Lipinski definition) is 0. The van der Waals surface area contributed by atoms with E-state index < -0.39 is 35.9 Å². The molecular weight excluding hydrogens is 526 g/mol. The number of alkyl halides is 6. The summed E-state index contributed by atoms with van der Waals surface area (Å²) in [5, 5.41) is 8.09. The number of ether oxygens (including phenoxy) is 1. The van der Waals surface area contributed by atoms with Crippen LogP contribution >= 0.6 is 11.6 Å². The molecule has 2 aromatic carbocycles. The van der Waals surface area contributed by atoms with Gasteiger partial charge in [0.2, 0.25) is 11.6 Å². The van der Waals surface area contributed by atoms with Gasteiger partial charge in [-0.1, -0.05) is 48.4 Å². The van der Waals surface area contributed by atoms with E-state index in [2.05, 4.69) is 10.3 Å². The monoisotopic (exact) mass is 548 g/mol. The third-order valence-corrected chi connectivity index (χ3v) is 5.69.